The van der Waals surface area contributed by atoms with Gasteiger partial charge in [0.1, 0.15) is 5.82 Å². The predicted octanol–water partition coefficient (Wildman–Crippen LogP) is 2.41. The molecular formula is C11H12FN3O. The highest BCUT2D eigenvalue weighted by molar-refractivity contribution is 5.70. The molecule has 0 bridgehead atoms. The van der Waals surface area contributed by atoms with Crippen LogP contribution in [0.5, 0.6) is 0 Å². The van der Waals surface area contributed by atoms with Crippen molar-refractivity contribution in [2.24, 2.45) is 0 Å². The van der Waals surface area contributed by atoms with Gasteiger partial charge in [-0.15, -0.1) is 0 Å². The zero-order valence-electron chi connectivity index (χ0n) is 8.90. The fourth-order valence-corrected chi connectivity index (χ4v) is 1.41. The highest BCUT2D eigenvalue weighted by Crippen LogP contribution is 2.26. The lowest BCUT2D eigenvalue weighted by atomic mass is 10.2. The van der Waals surface area contributed by atoms with Crippen molar-refractivity contribution in [1.29, 1.82) is 0 Å². The van der Waals surface area contributed by atoms with E-state index >= 15 is 0 Å². The molecule has 1 aromatic heterocycles. The van der Waals surface area contributed by atoms with E-state index in [9.17, 15) is 4.39 Å². The summed E-state index contributed by atoms with van der Waals surface area (Å²) in [5.74, 6) is 0.398. The molecule has 5 heteroatoms. The lowest BCUT2D eigenvalue weighted by Crippen LogP contribution is -1.94. The normalized spacial score (nSPS) is 10.6. The summed E-state index contributed by atoms with van der Waals surface area (Å²) >= 11 is 0. The lowest BCUT2D eigenvalue weighted by Gasteiger charge is -2.00. The second-order valence-electron chi connectivity index (χ2n) is 3.47. The molecule has 0 saturated carbocycles. The number of rotatable bonds is 3. The third-order valence-electron chi connectivity index (χ3n) is 2.23. The number of hydrogen-bond acceptors (Lipinski definition) is 4. The second-order valence-corrected chi connectivity index (χ2v) is 3.47. The first kappa shape index (κ1) is 10.6. The smallest absolute Gasteiger partial charge is 0.260 e. The van der Waals surface area contributed by atoms with Crippen molar-refractivity contribution >= 4 is 5.69 Å². The van der Waals surface area contributed by atoms with Crippen molar-refractivity contribution in [2.75, 3.05) is 5.73 Å². The van der Waals surface area contributed by atoms with Gasteiger partial charge in [0.05, 0.1) is 11.3 Å². The summed E-state index contributed by atoms with van der Waals surface area (Å²) in [4.78, 5) is 4.15. The van der Waals surface area contributed by atoms with Crippen molar-refractivity contribution in [3.63, 3.8) is 0 Å². The van der Waals surface area contributed by atoms with Gasteiger partial charge in [-0.1, -0.05) is 18.1 Å². The Morgan fingerprint density at radius 2 is 2.25 bits per heavy atom. The van der Waals surface area contributed by atoms with E-state index in [4.69, 9.17) is 10.3 Å². The highest BCUT2D eigenvalue weighted by Gasteiger charge is 2.13. The second kappa shape index (κ2) is 4.30. The number of halogens is 1. The topological polar surface area (TPSA) is 64.9 Å². The standard InChI is InChI=1S/C11H12FN3O/c1-2-4-9-14-11(16-15-9)7-5-3-6-8(12)10(7)13/h3,5-6H,2,4,13H2,1H3. The van der Waals surface area contributed by atoms with Gasteiger partial charge in [0.25, 0.3) is 5.89 Å². The van der Waals surface area contributed by atoms with Gasteiger partial charge in [0.2, 0.25) is 0 Å². The SMILES string of the molecule is CCCc1noc(-c2cccc(F)c2N)n1. The first-order valence-electron chi connectivity index (χ1n) is 5.09. The molecule has 0 fully saturated rings. The first-order valence-corrected chi connectivity index (χ1v) is 5.09. The molecule has 0 aliphatic rings. The molecule has 84 valence electrons. The van der Waals surface area contributed by atoms with Crippen molar-refractivity contribution in [2.45, 2.75) is 19.8 Å². The van der Waals surface area contributed by atoms with Crippen LogP contribution in [0.2, 0.25) is 0 Å². The molecule has 0 aliphatic heterocycles. The summed E-state index contributed by atoms with van der Waals surface area (Å²) in [5.41, 5.74) is 6.07. The largest absolute Gasteiger partial charge is 0.396 e. The van der Waals surface area contributed by atoms with Crippen molar-refractivity contribution in [3.05, 3.63) is 29.8 Å². The number of anilines is 1. The van der Waals surface area contributed by atoms with Crippen LogP contribution < -0.4 is 5.73 Å². The number of hydrogen-bond donors (Lipinski definition) is 1. The van der Waals surface area contributed by atoms with Crippen LogP contribution in [0.1, 0.15) is 19.2 Å². The third-order valence-corrected chi connectivity index (χ3v) is 2.23. The average molecular weight is 221 g/mol. The van der Waals surface area contributed by atoms with E-state index in [2.05, 4.69) is 10.1 Å². The van der Waals surface area contributed by atoms with Gasteiger partial charge in [-0.25, -0.2) is 4.39 Å². The molecule has 0 unspecified atom stereocenters. The Kier molecular flexibility index (Phi) is 2.85. The van der Waals surface area contributed by atoms with Gasteiger partial charge >= 0.3 is 0 Å². The van der Waals surface area contributed by atoms with E-state index in [-0.39, 0.29) is 11.6 Å². The number of aryl methyl sites for hydroxylation is 1. The third kappa shape index (κ3) is 1.88. The molecule has 16 heavy (non-hydrogen) atoms. The number of nitrogens with two attached hydrogens (primary N) is 1. The fourth-order valence-electron chi connectivity index (χ4n) is 1.41. The van der Waals surface area contributed by atoms with Gasteiger partial charge in [-0.2, -0.15) is 4.98 Å². The quantitative estimate of drug-likeness (QED) is 0.808. The molecule has 0 atom stereocenters. The average Bonchev–Trinajstić information content (AvgIpc) is 2.71. The Labute approximate surface area is 92.3 Å². The Morgan fingerprint density at radius 1 is 1.44 bits per heavy atom. The van der Waals surface area contributed by atoms with E-state index < -0.39 is 5.82 Å². The van der Waals surface area contributed by atoms with Gasteiger partial charge in [-0.05, 0) is 18.6 Å². The Balaban J connectivity index is 2.39. The Morgan fingerprint density at radius 3 is 3.00 bits per heavy atom. The minimum absolute atomic E-state index is 0.0363. The highest BCUT2D eigenvalue weighted by atomic mass is 19.1. The minimum atomic E-state index is -0.479. The maximum absolute atomic E-state index is 13.2. The van der Waals surface area contributed by atoms with Crippen LogP contribution in [-0.2, 0) is 6.42 Å². The molecule has 2 aromatic rings. The van der Waals surface area contributed by atoms with E-state index in [1.165, 1.54) is 6.07 Å². The summed E-state index contributed by atoms with van der Waals surface area (Å²) in [5, 5.41) is 3.79. The molecule has 4 nitrogen and oxygen atoms in total. The summed E-state index contributed by atoms with van der Waals surface area (Å²) in [6.07, 6.45) is 1.66. The van der Waals surface area contributed by atoms with E-state index in [0.29, 0.717) is 11.4 Å². The van der Waals surface area contributed by atoms with Crippen LogP contribution in [0, 0.1) is 5.82 Å². The fraction of sp³-hybridized carbons (Fsp3) is 0.273. The van der Waals surface area contributed by atoms with E-state index in [0.717, 1.165) is 12.8 Å². The summed E-state index contributed by atoms with van der Waals surface area (Å²) < 4.78 is 18.2. The Hall–Kier alpha value is -1.91. The molecule has 0 aliphatic carbocycles. The van der Waals surface area contributed by atoms with Gasteiger partial charge in [0, 0.05) is 6.42 Å². The summed E-state index contributed by atoms with van der Waals surface area (Å²) in [6, 6.07) is 4.51. The Bertz CT molecular complexity index is 496. The summed E-state index contributed by atoms with van der Waals surface area (Å²) in [7, 11) is 0. The van der Waals surface area contributed by atoms with Crippen LogP contribution in [0.25, 0.3) is 11.5 Å². The van der Waals surface area contributed by atoms with Gasteiger partial charge in [-0.3, -0.25) is 0 Å². The van der Waals surface area contributed by atoms with Crippen LogP contribution >= 0.6 is 0 Å². The van der Waals surface area contributed by atoms with Crippen LogP contribution in [0.15, 0.2) is 22.7 Å². The summed E-state index contributed by atoms with van der Waals surface area (Å²) in [6.45, 7) is 2.02. The zero-order valence-corrected chi connectivity index (χ0v) is 8.90. The molecule has 0 radical (unpaired) electrons. The number of nitrogen functional groups attached to an aromatic ring is 1. The maximum Gasteiger partial charge on any atom is 0.260 e. The lowest BCUT2D eigenvalue weighted by molar-refractivity contribution is 0.422. The monoisotopic (exact) mass is 221 g/mol. The van der Waals surface area contributed by atoms with Gasteiger partial charge < -0.3 is 10.3 Å². The van der Waals surface area contributed by atoms with Crippen molar-refractivity contribution in [3.8, 4) is 11.5 Å². The van der Waals surface area contributed by atoms with Crippen molar-refractivity contribution < 1.29 is 8.91 Å². The molecule has 2 rings (SSSR count). The molecule has 2 N–H and O–H groups in total. The zero-order chi connectivity index (χ0) is 11.5. The molecule has 1 heterocycles. The molecule has 0 saturated heterocycles. The van der Waals surface area contributed by atoms with Crippen LogP contribution in [0.3, 0.4) is 0 Å². The minimum Gasteiger partial charge on any atom is -0.396 e. The number of benzene rings is 1. The van der Waals surface area contributed by atoms with Crippen LogP contribution in [0.4, 0.5) is 10.1 Å². The predicted molar refractivity (Wildman–Crippen MR) is 58.1 cm³/mol. The van der Waals surface area contributed by atoms with E-state index in [1.807, 2.05) is 6.92 Å². The van der Waals surface area contributed by atoms with Crippen molar-refractivity contribution in [1.82, 2.24) is 10.1 Å². The molecule has 0 amide bonds. The van der Waals surface area contributed by atoms with E-state index in [1.54, 1.807) is 12.1 Å². The molecule has 0 spiro atoms. The molecule has 1 aromatic carbocycles. The van der Waals surface area contributed by atoms with Crippen LogP contribution in [-0.4, -0.2) is 10.1 Å². The molecular weight excluding hydrogens is 209 g/mol. The number of aromatic nitrogens is 2. The number of nitrogens with zero attached hydrogens (tertiary/aromatic N) is 2. The maximum atomic E-state index is 13.2. The first-order chi connectivity index (χ1) is 7.72. The van der Waals surface area contributed by atoms with Gasteiger partial charge in [0.15, 0.2) is 5.82 Å². The number of para-hydroxylation sites is 1.